The van der Waals surface area contributed by atoms with Crippen molar-refractivity contribution in [1.29, 1.82) is 0 Å². The average Bonchev–Trinajstić information content (AvgIpc) is 2.95. The van der Waals surface area contributed by atoms with E-state index in [9.17, 15) is 4.39 Å². The number of benzene rings is 1. The molecule has 2 rings (SSSR count). The maximum atomic E-state index is 12.8. The second-order valence-electron chi connectivity index (χ2n) is 5.93. The Balaban J connectivity index is 0.00000364. The van der Waals surface area contributed by atoms with E-state index in [0.717, 1.165) is 49.0 Å². The van der Waals surface area contributed by atoms with Crippen molar-refractivity contribution in [2.24, 2.45) is 4.99 Å². The van der Waals surface area contributed by atoms with Crippen LogP contribution in [-0.2, 0) is 6.42 Å². The summed E-state index contributed by atoms with van der Waals surface area (Å²) in [6.07, 6.45) is 2.78. The summed E-state index contributed by atoms with van der Waals surface area (Å²) >= 11 is 1.75. The molecular formula is C19H28FIN4OS. The molecule has 0 spiro atoms. The summed E-state index contributed by atoms with van der Waals surface area (Å²) in [6, 6.07) is 6.09. The molecule has 0 atom stereocenters. The molecule has 0 aliphatic carbocycles. The first-order chi connectivity index (χ1) is 12.6. The van der Waals surface area contributed by atoms with Crippen LogP contribution in [0.25, 0.3) is 0 Å². The summed E-state index contributed by atoms with van der Waals surface area (Å²) in [7, 11) is 1.77. The Bertz CT molecular complexity index is 687. The fraction of sp³-hybridized carbons (Fsp3) is 0.474. The van der Waals surface area contributed by atoms with Crippen LogP contribution in [0.5, 0.6) is 5.75 Å². The molecule has 0 saturated carbocycles. The molecular weight excluding hydrogens is 478 g/mol. The number of hydrogen-bond acceptors (Lipinski definition) is 4. The maximum Gasteiger partial charge on any atom is 0.190 e. The highest BCUT2D eigenvalue weighted by Crippen LogP contribution is 2.16. The molecule has 0 aliphatic rings. The minimum atomic E-state index is -0.249. The number of nitrogens with zero attached hydrogens (tertiary/aromatic N) is 2. The van der Waals surface area contributed by atoms with Crippen LogP contribution in [0, 0.1) is 19.7 Å². The number of unbranched alkanes of at least 4 members (excludes halogenated alkanes) is 1. The molecule has 0 bridgehead atoms. The topological polar surface area (TPSA) is 58.5 Å². The molecule has 2 aromatic rings. The van der Waals surface area contributed by atoms with Gasteiger partial charge in [-0.15, -0.1) is 35.3 Å². The van der Waals surface area contributed by atoms with E-state index in [1.807, 2.05) is 6.92 Å². The second kappa shape index (κ2) is 12.9. The molecule has 0 fully saturated rings. The summed E-state index contributed by atoms with van der Waals surface area (Å²) in [5, 5.41) is 7.76. The molecule has 0 aliphatic heterocycles. The van der Waals surface area contributed by atoms with Gasteiger partial charge in [-0.05, 0) is 51.0 Å². The minimum absolute atomic E-state index is 0. The van der Waals surface area contributed by atoms with Gasteiger partial charge in [-0.1, -0.05) is 0 Å². The van der Waals surface area contributed by atoms with Crippen molar-refractivity contribution in [2.45, 2.75) is 33.1 Å². The van der Waals surface area contributed by atoms with Gasteiger partial charge in [0.1, 0.15) is 11.6 Å². The van der Waals surface area contributed by atoms with Gasteiger partial charge in [0.2, 0.25) is 0 Å². The predicted octanol–water partition coefficient (Wildman–Crippen LogP) is 4.08. The first kappa shape index (κ1) is 23.6. The molecule has 1 aromatic carbocycles. The Hall–Kier alpha value is -1.42. The van der Waals surface area contributed by atoms with Crippen molar-refractivity contribution >= 4 is 41.3 Å². The van der Waals surface area contributed by atoms with Crippen molar-refractivity contribution < 1.29 is 9.13 Å². The van der Waals surface area contributed by atoms with E-state index >= 15 is 0 Å². The normalized spacial score (nSPS) is 11.0. The lowest BCUT2D eigenvalue weighted by Crippen LogP contribution is -2.38. The van der Waals surface area contributed by atoms with Gasteiger partial charge < -0.3 is 15.4 Å². The van der Waals surface area contributed by atoms with Gasteiger partial charge in [-0.3, -0.25) is 4.99 Å². The number of hydrogen-bond donors (Lipinski definition) is 2. The second-order valence-corrected chi connectivity index (χ2v) is 7.22. The van der Waals surface area contributed by atoms with Crippen LogP contribution in [0.1, 0.15) is 28.4 Å². The van der Waals surface area contributed by atoms with E-state index < -0.39 is 0 Å². The number of aryl methyl sites for hydroxylation is 2. The van der Waals surface area contributed by atoms with Gasteiger partial charge in [-0.2, -0.15) is 0 Å². The molecule has 2 N–H and O–H groups in total. The van der Waals surface area contributed by atoms with E-state index in [0.29, 0.717) is 12.4 Å². The third kappa shape index (κ3) is 8.87. The minimum Gasteiger partial charge on any atom is -0.494 e. The highest BCUT2D eigenvalue weighted by Gasteiger charge is 2.04. The van der Waals surface area contributed by atoms with Crippen LogP contribution < -0.4 is 15.4 Å². The third-order valence-electron chi connectivity index (χ3n) is 3.87. The van der Waals surface area contributed by atoms with Gasteiger partial charge in [0, 0.05) is 31.4 Å². The quantitative estimate of drug-likeness (QED) is 0.233. The molecule has 150 valence electrons. The SMILES string of the molecule is CN=C(NCCCCOc1ccc(F)cc1)NCCc1nc(C)c(C)s1.I. The zero-order valence-electron chi connectivity index (χ0n) is 16.0. The smallest absolute Gasteiger partial charge is 0.190 e. The highest BCUT2D eigenvalue weighted by molar-refractivity contribution is 14.0. The largest absolute Gasteiger partial charge is 0.494 e. The van der Waals surface area contributed by atoms with E-state index in [-0.39, 0.29) is 29.8 Å². The Kier molecular flexibility index (Phi) is 11.3. The zero-order chi connectivity index (χ0) is 18.8. The van der Waals surface area contributed by atoms with Crippen LogP contribution in [0.4, 0.5) is 4.39 Å². The Labute approximate surface area is 181 Å². The maximum absolute atomic E-state index is 12.8. The van der Waals surface area contributed by atoms with Gasteiger partial charge in [0.25, 0.3) is 0 Å². The van der Waals surface area contributed by atoms with Crippen LogP contribution in [0.3, 0.4) is 0 Å². The zero-order valence-corrected chi connectivity index (χ0v) is 19.2. The van der Waals surface area contributed by atoms with E-state index in [1.54, 1.807) is 30.5 Å². The van der Waals surface area contributed by atoms with Crippen LogP contribution in [0.15, 0.2) is 29.3 Å². The first-order valence-electron chi connectivity index (χ1n) is 8.84. The molecule has 0 radical (unpaired) electrons. The summed E-state index contributed by atoms with van der Waals surface area (Å²) in [5.41, 5.74) is 1.12. The predicted molar refractivity (Wildman–Crippen MR) is 121 cm³/mol. The molecule has 0 unspecified atom stereocenters. The van der Waals surface area contributed by atoms with Crippen molar-refractivity contribution in [1.82, 2.24) is 15.6 Å². The van der Waals surface area contributed by atoms with Gasteiger partial charge in [0.05, 0.1) is 17.3 Å². The number of nitrogens with one attached hydrogen (secondary N) is 2. The lowest BCUT2D eigenvalue weighted by atomic mass is 10.3. The standard InChI is InChI=1S/C19H27FN4OS.HI/c1-14-15(2)26-18(24-14)10-12-23-19(21-3)22-11-4-5-13-25-17-8-6-16(20)7-9-17;/h6-9H,4-5,10-13H2,1-3H3,(H2,21,22,23);1H. The molecule has 1 heterocycles. The molecule has 5 nitrogen and oxygen atoms in total. The summed E-state index contributed by atoms with van der Waals surface area (Å²) in [4.78, 5) is 10.1. The lowest BCUT2D eigenvalue weighted by Gasteiger charge is -2.11. The van der Waals surface area contributed by atoms with Crippen molar-refractivity contribution in [3.05, 3.63) is 45.7 Å². The van der Waals surface area contributed by atoms with Gasteiger partial charge in [-0.25, -0.2) is 9.37 Å². The van der Waals surface area contributed by atoms with Crippen LogP contribution >= 0.6 is 35.3 Å². The number of guanidine groups is 1. The highest BCUT2D eigenvalue weighted by atomic mass is 127. The third-order valence-corrected chi connectivity index (χ3v) is 5.01. The van der Waals surface area contributed by atoms with Crippen LogP contribution in [-0.4, -0.2) is 37.7 Å². The van der Waals surface area contributed by atoms with Crippen molar-refractivity contribution in [3.8, 4) is 5.75 Å². The molecule has 0 saturated heterocycles. The van der Waals surface area contributed by atoms with E-state index in [1.165, 1.54) is 17.0 Å². The summed E-state index contributed by atoms with van der Waals surface area (Å²) in [5.74, 6) is 1.25. The molecule has 8 heteroatoms. The number of halogens is 2. The number of rotatable bonds is 9. The molecule has 0 amide bonds. The van der Waals surface area contributed by atoms with Crippen molar-refractivity contribution in [3.63, 3.8) is 0 Å². The molecule has 27 heavy (non-hydrogen) atoms. The van der Waals surface area contributed by atoms with Gasteiger partial charge >= 0.3 is 0 Å². The number of aromatic nitrogens is 1. The van der Waals surface area contributed by atoms with E-state index in [2.05, 4.69) is 27.5 Å². The number of ether oxygens (including phenoxy) is 1. The van der Waals surface area contributed by atoms with Crippen molar-refractivity contribution in [2.75, 3.05) is 26.7 Å². The number of aliphatic imine (C=N–C) groups is 1. The summed E-state index contributed by atoms with van der Waals surface area (Å²) in [6.45, 7) is 6.39. The fourth-order valence-corrected chi connectivity index (χ4v) is 3.24. The monoisotopic (exact) mass is 506 g/mol. The van der Waals surface area contributed by atoms with Gasteiger partial charge in [0.15, 0.2) is 5.96 Å². The first-order valence-corrected chi connectivity index (χ1v) is 9.66. The Morgan fingerprint density at radius 3 is 2.48 bits per heavy atom. The lowest BCUT2D eigenvalue weighted by molar-refractivity contribution is 0.306. The Morgan fingerprint density at radius 1 is 1.15 bits per heavy atom. The van der Waals surface area contributed by atoms with Crippen LogP contribution in [0.2, 0.25) is 0 Å². The van der Waals surface area contributed by atoms with E-state index in [4.69, 9.17) is 4.74 Å². The Morgan fingerprint density at radius 2 is 1.85 bits per heavy atom. The summed E-state index contributed by atoms with van der Waals surface area (Å²) < 4.78 is 18.4. The molecule has 1 aromatic heterocycles. The average molecular weight is 506 g/mol. The fourth-order valence-electron chi connectivity index (χ4n) is 2.31. The number of thiazole rings is 1.